The summed E-state index contributed by atoms with van der Waals surface area (Å²) in [6.07, 6.45) is 4.78. The number of amides is 2. The molecule has 0 aliphatic carbocycles. The minimum absolute atomic E-state index is 0.0864. The Kier molecular flexibility index (Phi) is 4.27. The molecule has 1 fully saturated rings. The van der Waals surface area contributed by atoms with E-state index in [1.54, 1.807) is 41.2 Å². The highest BCUT2D eigenvalue weighted by Gasteiger charge is 2.21. The van der Waals surface area contributed by atoms with Crippen LogP contribution < -0.4 is 15.0 Å². The number of aryl methyl sites for hydroxylation is 1. The minimum Gasteiger partial charge on any atom is -0.484 e. The molecule has 0 saturated carbocycles. The number of benzene rings is 1. The molecule has 1 aliphatic rings. The predicted octanol–water partition coefficient (Wildman–Crippen LogP) is 1.56. The van der Waals surface area contributed by atoms with Crippen LogP contribution >= 0.6 is 0 Å². The number of nitrogens with one attached hydrogen (secondary N) is 1. The lowest BCUT2D eigenvalue weighted by Crippen LogP contribution is -2.23. The second kappa shape index (κ2) is 6.51. The van der Waals surface area contributed by atoms with Gasteiger partial charge in [-0.25, -0.2) is 0 Å². The van der Waals surface area contributed by atoms with E-state index in [2.05, 4.69) is 10.4 Å². The van der Waals surface area contributed by atoms with Crippen molar-refractivity contribution in [1.29, 1.82) is 0 Å². The minimum atomic E-state index is -0.253. The number of anilines is 2. The smallest absolute Gasteiger partial charge is 0.262 e. The number of hydrogen-bond donors (Lipinski definition) is 1. The average Bonchev–Trinajstić information content (AvgIpc) is 3.14. The van der Waals surface area contributed by atoms with Crippen molar-refractivity contribution in [2.24, 2.45) is 7.05 Å². The van der Waals surface area contributed by atoms with E-state index in [0.717, 1.165) is 18.7 Å². The molecule has 0 unspecified atom stereocenters. The fourth-order valence-corrected chi connectivity index (χ4v) is 2.48. The van der Waals surface area contributed by atoms with Crippen LogP contribution in [-0.4, -0.2) is 34.7 Å². The van der Waals surface area contributed by atoms with Gasteiger partial charge in [0.15, 0.2) is 6.61 Å². The van der Waals surface area contributed by atoms with E-state index in [9.17, 15) is 9.59 Å². The van der Waals surface area contributed by atoms with Gasteiger partial charge in [-0.05, 0) is 30.7 Å². The summed E-state index contributed by atoms with van der Waals surface area (Å²) in [5.74, 6) is 0.480. The molecule has 2 amide bonds. The highest BCUT2D eigenvalue weighted by Crippen LogP contribution is 2.23. The zero-order valence-electron chi connectivity index (χ0n) is 12.9. The lowest BCUT2D eigenvalue weighted by atomic mass is 10.3. The Labute approximate surface area is 133 Å². The molecule has 7 heteroatoms. The van der Waals surface area contributed by atoms with Gasteiger partial charge in [0.1, 0.15) is 5.75 Å². The molecule has 7 nitrogen and oxygen atoms in total. The molecule has 1 aromatic carbocycles. The molecule has 3 rings (SSSR count). The van der Waals surface area contributed by atoms with E-state index in [1.165, 1.54) is 0 Å². The number of nitrogens with zero attached hydrogens (tertiary/aromatic N) is 3. The molecule has 120 valence electrons. The van der Waals surface area contributed by atoms with Gasteiger partial charge in [0, 0.05) is 31.9 Å². The average molecular weight is 314 g/mol. The number of rotatable bonds is 5. The molecule has 0 bridgehead atoms. The molecule has 1 saturated heterocycles. The molecule has 0 spiro atoms. The number of carbonyl (C=O) groups excluding carboxylic acids is 2. The summed E-state index contributed by atoms with van der Waals surface area (Å²) in [5, 5.41) is 6.67. The van der Waals surface area contributed by atoms with E-state index in [-0.39, 0.29) is 18.4 Å². The largest absolute Gasteiger partial charge is 0.484 e. The van der Waals surface area contributed by atoms with Crippen molar-refractivity contribution in [3.8, 4) is 5.75 Å². The van der Waals surface area contributed by atoms with Crippen LogP contribution in [0.15, 0.2) is 36.7 Å². The molecule has 2 aromatic rings. The lowest BCUT2D eigenvalue weighted by molar-refractivity contribution is -0.118. The number of hydrogen-bond acceptors (Lipinski definition) is 4. The Balaban J connectivity index is 1.52. The third kappa shape index (κ3) is 3.68. The van der Waals surface area contributed by atoms with Gasteiger partial charge in [-0.3, -0.25) is 14.3 Å². The number of aromatic nitrogens is 2. The van der Waals surface area contributed by atoms with Gasteiger partial charge in [-0.15, -0.1) is 0 Å². The van der Waals surface area contributed by atoms with E-state index in [1.807, 2.05) is 12.1 Å². The van der Waals surface area contributed by atoms with Gasteiger partial charge in [-0.2, -0.15) is 5.10 Å². The maximum absolute atomic E-state index is 11.8. The third-order valence-corrected chi connectivity index (χ3v) is 3.58. The van der Waals surface area contributed by atoms with Crippen molar-refractivity contribution in [3.63, 3.8) is 0 Å². The molecular weight excluding hydrogens is 296 g/mol. The van der Waals surface area contributed by atoms with Crippen molar-refractivity contribution in [2.75, 3.05) is 23.4 Å². The highest BCUT2D eigenvalue weighted by atomic mass is 16.5. The standard InChI is InChI=1S/C16H18N4O3/c1-19-10-12(9-17-19)18-15(21)11-23-14-6-4-13(5-7-14)20-8-2-3-16(20)22/h4-7,9-10H,2-3,8,11H2,1H3,(H,18,21). The van der Waals surface area contributed by atoms with E-state index < -0.39 is 0 Å². The van der Waals surface area contributed by atoms with Crippen LogP contribution in [0, 0.1) is 0 Å². The van der Waals surface area contributed by atoms with Crippen molar-refractivity contribution < 1.29 is 14.3 Å². The monoisotopic (exact) mass is 314 g/mol. The van der Waals surface area contributed by atoms with Crippen molar-refractivity contribution in [2.45, 2.75) is 12.8 Å². The van der Waals surface area contributed by atoms with Crippen molar-refractivity contribution in [1.82, 2.24) is 9.78 Å². The van der Waals surface area contributed by atoms with Crippen molar-refractivity contribution >= 4 is 23.2 Å². The normalized spacial score (nSPS) is 14.1. The summed E-state index contributed by atoms with van der Waals surface area (Å²) in [4.78, 5) is 25.2. The van der Waals surface area contributed by atoms with Crippen LogP contribution in [0.5, 0.6) is 5.75 Å². The summed E-state index contributed by atoms with van der Waals surface area (Å²) in [6.45, 7) is 0.670. The van der Waals surface area contributed by atoms with Gasteiger partial charge in [0.25, 0.3) is 5.91 Å². The predicted molar refractivity (Wildman–Crippen MR) is 85.4 cm³/mol. The van der Waals surface area contributed by atoms with E-state index >= 15 is 0 Å². The summed E-state index contributed by atoms with van der Waals surface area (Å²) >= 11 is 0. The van der Waals surface area contributed by atoms with Crippen LogP contribution in [0.4, 0.5) is 11.4 Å². The van der Waals surface area contributed by atoms with Gasteiger partial charge in [0.05, 0.1) is 11.9 Å². The van der Waals surface area contributed by atoms with Gasteiger partial charge < -0.3 is 15.0 Å². The van der Waals surface area contributed by atoms with Crippen LogP contribution in [0.2, 0.25) is 0 Å². The zero-order chi connectivity index (χ0) is 16.2. The zero-order valence-corrected chi connectivity index (χ0v) is 12.9. The first-order chi connectivity index (χ1) is 11.1. The van der Waals surface area contributed by atoms with Crippen LogP contribution in [0.25, 0.3) is 0 Å². The Morgan fingerprint density at radius 3 is 2.74 bits per heavy atom. The lowest BCUT2D eigenvalue weighted by Gasteiger charge is -2.16. The first-order valence-corrected chi connectivity index (χ1v) is 7.43. The first kappa shape index (κ1) is 15.1. The summed E-state index contributed by atoms with van der Waals surface area (Å²) in [7, 11) is 1.78. The maximum atomic E-state index is 11.8. The second-order valence-electron chi connectivity index (χ2n) is 5.38. The molecular formula is C16H18N4O3. The van der Waals surface area contributed by atoms with Crippen molar-refractivity contribution in [3.05, 3.63) is 36.7 Å². The van der Waals surface area contributed by atoms with Gasteiger partial charge in [0.2, 0.25) is 5.91 Å². The molecule has 23 heavy (non-hydrogen) atoms. The number of ether oxygens (including phenoxy) is 1. The van der Waals surface area contributed by atoms with Gasteiger partial charge in [-0.1, -0.05) is 0 Å². The Morgan fingerprint density at radius 1 is 1.35 bits per heavy atom. The fourth-order valence-electron chi connectivity index (χ4n) is 2.48. The fraction of sp³-hybridized carbons (Fsp3) is 0.312. The SMILES string of the molecule is Cn1cc(NC(=O)COc2ccc(N3CCCC3=O)cc2)cn1. The quantitative estimate of drug-likeness (QED) is 0.909. The maximum Gasteiger partial charge on any atom is 0.262 e. The second-order valence-corrected chi connectivity index (χ2v) is 5.38. The topological polar surface area (TPSA) is 76.5 Å². The summed E-state index contributed by atoms with van der Waals surface area (Å²) in [5.41, 5.74) is 1.49. The van der Waals surface area contributed by atoms with Crippen LogP contribution in [-0.2, 0) is 16.6 Å². The van der Waals surface area contributed by atoms with Crippen LogP contribution in [0.3, 0.4) is 0 Å². The Hall–Kier alpha value is -2.83. The summed E-state index contributed by atoms with van der Waals surface area (Å²) < 4.78 is 7.05. The third-order valence-electron chi connectivity index (χ3n) is 3.58. The summed E-state index contributed by atoms with van der Waals surface area (Å²) in [6, 6.07) is 7.19. The molecule has 0 atom stereocenters. The first-order valence-electron chi connectivity index (χ1n) is 7.43. The van der Waals surface area contributed by atoms with Crippen LogP contribution in [0.1, 0.15) is 12.8 Å². The molecule has 0 radical (unpaired) electrons. The van der Waals surface area contributed by atoms with Gasteiger partial charge >= 0.3 is 0 Å². The molecule has 1 aliphatic heterocycles. The van der Waals surface area contributed by atoms with E-state index in [4.69, 9.17) is 4.74 Å². The molecule has 2 heterocycles. The Morgan fingerprint density at radius 2 is 2.13 bits per heavy atom. The number of carbonyl (C=O) groups is 2. The molecule has 1 aromatic heterocycles. The highest BCUT2D eigenvalue weighted by molar-refractivity contribution is 5.95. The Bertz CT molecular complexity index is 708. The van der Waals surface area contributed by atoms with E-state index in [0.29, 0.717) is 17.9 Å². The molecule has 1 N–H and O–H groups in total.